The molecule has 8 heteroatoms. The van der Waals surface area contributed by atoms with Crippen LogP contribution in [0.2, 0.25) is 0 Å². The molecule has 0 spiro atoms. The van der Waals surface area contributed by atoms with Crippen molar-refractivity contribution in [2.45, 2.75) is 43.5 Å². The van der Waals surface area contributed by atoms with Crippen LogP contribution in [0, 0.1) is 5.41 Å². The van der Waals surface area contributed by atoms with Gasteiger partial charge in [0.2, 0.25) is 0 Å². The molecule has 22 heavy (non-hydrogen) atoms. The van der Waals surface area contributed by atoms with Gasteiger partial charge in [-0.3, -0.25) is 5.41 Å². The Morgan fingerprint density at radius 1 is 0.909 bits per heavy atom. The first kappa shape index (κ1) is 16.6. The van der Waals surface area contributed by atoms with Crippen molar-refractivity contribution in [1.82, 2.24) is 0 Å². The summed E-state index contributed by atoms with van der Waals surface area (Å²) in [6.07, 6.45) is -8.02. The second-order valence-electron chi connectivity index (χ2n) is 5.50. The van der Waals surface area contributed by atoms with Crippen molar-refractivity contribution < 1.29 is 26.3 Å². The molecular weight excluding hydrogens is 310 g/mol. The molecule has 0 unspecified atom stereocenters. The Bertz CT molecular complexity index is 550. The number of nitrogens with two attached hydrogens (primary N) is 1. The fourth-order valence-corrected chi connectivity index (χ4v) is 2.92. The van der Waals surface area contributed by atoms with Gasteiger partial charge in [-0.05, 0) is 36.6 Å². The van der Waals surface area contributed by atoms with E-state index in [1.807, 2.05) is 0 Å². The molecule has 0 saturated heterocycles. The summed E-state index contributed by atoms with van der Waals surface area (Å²) >= 11 is 0. The van der Waals surface area contributed by atoms with Gasteiger partial charge in [-0.1, -0.05) is 12.8 Å². The molecule has 1 aromatic carbocycles. The van der Waals surface area contributed by atoms with Crippen molar-refractivity contribution >= 4 is 5.84 Å². The molecule has 122 valence electrons. The molecule has 0 heterocycles. The van der Waals surface area contributed by atoms with E-state index < -0.39 is 34.7 Å². The molecule has 1 saturated carbocycles. The van der Waals surface area contributed by atoms with E-state index in [-0.39, 0.29) is 24.5 Å². The summed E-state index contributed by atoms with van der Waals surface area (Å²) in [7, 11) is 0. The van der Waals surface area contributed by atoms with Gasteiger partial charge in [-0.15, -0.1) is 0 Å². The maximum atomic E-state index is 12.9. The van der Waals surface area contributed by atoms with Gasteiger partial charge in [-0.25, -0.2) is 0 Å². The molecule has 3 N–H and O–H groups in total. The number of benzene rings is 1. The lowest BCUT2D eigenvalue weighted by Gasteiger charge is -2.29. The number of halogens is 6. The van der Waals surface area contributed by atoms with Crippen LogP contribution in [0.4, 0.5) is 26.3 Å². The van der Waals surface area contributed by atoms with Gasteiger partial charge < -0.3 is 5.73 Å². The largest absolute Gasteiger partial charge is 0.416 e. The van der Waals surface area contributed by atoms with Gasteiger partial charge in [0, 0.05) is 0 Å². The summed E-state index contributed by atoms with van der Waals surface area (Å²) in [5, 5.41) is 7.65. The van der Waals surface area contributed by atoms with Crippen LogP contribution in [0.25, 0.3) is 0 Å². The van der Waals surface area contributed by atoms with Crippen molar-refractivity contribution in [2.24, 2.45) is 5.73 Å². The first-order valence-electron chi connectivity index (χ1n) is 6.61. The highest BCUT2D eigenvalue weighted by molar-refractivity contribution is 5.89. The van der Waals surface area contributed by atoms with E-state index in [2.05, 4.69) is 0 Å². The lowest BCUT2D eigenvalue weighted by atomic mass is 9.76. The minimum absolute atomic E-state index is 0.0896. The highest BCUT2D eigenvalue weighted by Crippen LogP contribution is 2.45. The molecule has 1 aromatic rings. The van der Waals surface area contributed by atoms with E-state index in [1.165, 1.54) is 0 Å². The summed E-state index contributed by atoms with van der Waals surface area (Å²) < 4.78 is 77.4. The SMILES string of the molecule is N=C(N)C1(c2cc(C(F)(F)F)cc(C(F)(F)F)c2)CCCC1. The molecule has 0 aliphatic heterocycles. The molecule has 1 aliphatic rings. The van der Waals surface area contributed by atoms with Crippen LogP contribution in [-0.2, 0) is 17.8 Å². The Kier molecular flexibility index (Phi) is 3.91. The van der Waals surface area contributed by atoms with Gasteiger partial charge >= 0.3 is 12.4 Å². The first-order chi connectivity index (χ1) is 9.97. The zero-order valence-electron chi connectivity index (χ0n) is 11.4. The number of alkyl halides is 6. The fourth-order valence-electron chi connectivity index (χ4n) is 2.92. The second kappa shape index (κ2) is 5.17. The van der Waals surface area contributed by atoms with Crippen molar-refractivity contribution in [3.63, 3.8) is 0 Å². The molecule has 1 aliphatic carbocycles. The number of rotatable bonds is 2. The average molecular weight is 324 g/mol. The number of amidine groups is 1. The van der Waals surface area contributed by atoms with E-state index in [4.69, 9.17) is 11.1 Å². The van der Waals surface area contributed by atoms with Crippen LogP contribution in [0.3, 0.4) is 0 Å². The third kappa shape index (κ3) is 2.91. The zero-order valence-corrected chi connectivity index (χ0v) is 11.4. The number of nitrogens with one attached hydrogen (secondary N) is 1. The van der Waals surface area contributed by atoms with Crippen molar-refractivity contribution in [1.29, 1.82) is 5.41 Å². The molecular formula is C14H14F6N2. The standard InChI is InChI=1S/C14H14F6N2/c15-13(16,17)9-5-8(6-10(7-9)14(18,19)20)12(11(21)22)3-1-2-4-12/h5-7H,1-4H2,(H3,21,22). The third-order valence-corrected chi connectivity index (χ3v) is 4.11. The Labute approximate surface area is 122 Å². The van der Waals surface area contributed by atoms with Crippen LogP contribution >= 0.6 is 0 Å². The van der Waals surface area contributed by atoms with Crippen molar-refractivity contribution in [3.8, 4) is 0 Å². The van der Waals surface area contributed by atoms with E-state index in [1.54, 1.807) is 0 Å². The van der Waals surface area contributed by atoms with Crippen molar-refractivity contribution in [3.05, 3.63) is 34.9 Å². The molecule has 0 aromatic heterocycles. The summed E-state index contributed by atoms with van der Waals surface area (Å²) in [5.74, 6) is -0.391. The smallest absolute Gasteiger partial charge is 0.387 e. The Morgan fingerprint density at radius 3 is 1.64 bits per heavy atom. The van der Waals surface area contributed by atoms with E-state index in [0.717, 1.165) is 0 Å². The quantitative estimate of drug-likeness (QED) is 0.471. The molecule has 0 bridgehead atoms. The monoisotopic (exact) mass is 324 g/mol. The lowest BCUT2D eigenvalue weighted by Crippen LogP contribution is -2.38. The van der Waals surface area contributed by atoms with E-state index in [9.17, 15) is 26.3 Å². The van der Waals surface area contributed by atoms with Gasteiger partial charge in [-0.2, -0.15) is 26.3 Å². The van der Waals surface area contributed by atoms with Crippen LogP contribution in [-0.4, -0.2) is 5.84 Å². The summed E-state index contributed by atoms with van der Waals surface area (Å²) in [5.41, 5.74) is 1.35. The third-order valence-electron chi connectivity index (χ3n) is 4.11. The molecule has 0 radical (unpaired) electrons. The fraction of sp³-hybridized carbons (Fsp3) is 0.500. The zero-order chi connectivity index (χ0) is 16.8. The van der Waals surface area contributed by atoms with Crippen molar-refractivity contribution in [2.75, 3.05) is 0 Å². The maximum absolute atomic E-state index is 12.9. The Balaban J connectivity index is 2.67. The summed E-state index contributed by atoms with van der Waals surface area (Å²) in [4.78, 5) is 0. The summed E-state index contributed by atoms with van der Waals surface area (Å²) in [6, 6.07) is 1.45. The molecule has 2 nitrogen and oxygen atoms in total. The van der Waals surface area contributed by atoms with Gasteiger partial charge in [0.15, 0.2) is 0 Å². The summed E-state index contributed by atoms with van der Waals surface area (Å²) in [6.45, 7) is 0. The van der Waals surface area contributed by atoms with Crippen LogP contribution in [0.15, 0.2) is 18.2 Å². The van der Waals surface area contributed by atoms with E-state index >= 15 is 0 Å². The average Bonchev–Trinajstić information content (AvgIpc) is 2.86. The topological polar surface area (TPSA) is 49.9 Å². The minimum atomic E-state index is -4.90. The van der Waals surface area contributed by atoms with Gasteiger partial charge in [0.25, 0.3) is 0 Å². The molecule has 2 rings (SSSR count). The van der Waals surface area contributed by atoms with E-state index in [0.29, 0.717) is 25.0 Å². The Morgan fingerprint density at radius 2 is 1.32 bits per heavy atom. The van der Waals surface area contributed by atoms with Crippen LogP contribution in [0.5, 0.6) is 0 Å². The molecule has 0 atom stereocenters. The second-order valence-corrected chi connectivity index (χ2v) is 5.50. The first-order valence-corrected chi connectivity index (χ1v) is 6.61. The lowest BCUT2D eigenvalue weighted by molar-refractivity contribution is -0.143. The number of hydrogen-bond donors (Lipinski definition) is 2. The van der Waals surface area contributed by atoms with Gasteiger partial charge in [0.05, 0.1) is 16.5 Å². The van der Waals surface area contributed by atoms with Crippen LogP contribution in [0.1, 0.15) is 42.4 Å². The molecule has 1 fully saturated rings. The van der Waals surface area contributed by atoms with Gasteiger partial charge in [0.1, 0.15) is 5.84 Å². The van der Waals surface area contributed by atoms with Crippen LogP contribution < -0.4 is 5.73 Å². The molecule has 0 amide bonds. The maximum Gasteiger partial charge on any atom is 0.416 e. The highest BCUT2D eigenvalue weighted by atomic mass is 19.4. The Hall–Kier alpha value is -1.73. The number of hydrogen-bond acceptors (Lipinski definition) is 1. The predicted octanol–water partition coefficient (Wildman–Crippen LogP) is 4.47. The minimum Gasteiger partial charge on any atom is -0.387 e. The highest BCUT2D eigenvalue weighted by Gasteiger charge is 2.43. The predicted molar refractivity (Wildman–Crippen MR) is 68.5 cm³/mol. The normalized spacial score (nSPS) is 18.5.